The largest absolute Gasteiger partial charge is 0.465 e. The van der Waals surface area contributed by atoms with Gasteiger partial charge in [0.2, 0.25) is 5.91 Å². The number of nitrogens with two attached hydrogens (primary N) is 1. The Kier molecular flexibility index (Phi) is 14.4. The molecule has 0 saturated carbocycles. The van der Waals surface area contributed by atoms with Crippen molar-refractivity contribution in [1.82, 2.24) is 20.2 Å². The second-order valence-electron chi connectivity index (χ2n) is 10.8. The van der Waals surface area contributed by atoms with E-state index < -0.39 is 77.9 Å². The maximum Gasteiger partial charge on any atom is 0.330 e. The number of hydrogen-bond acceptors (Lipinski definition) is 14. The van der Waals surface area contributed by atoms with Crippen LogP contribution in [0, 0.1) is 5.92 Å². The Labute approximate surface area is 259 Å². The molecule has 45 heavy (non-hydrogen) atoms. The third kappa shape index (κ3) is 11.1. The molecule has 1 aliphatic heterocycles. The highest BCUT2D eigenvalue weighted by Gasteiger charge is 2.56. The van der Waals surface area contributed by atoms with E-state index in [1.54, 1.807) is 6.92 Å². The molecular formula is C28H43N5O12. The number of amides is 1. The molecule has 0 radical (unpaired) electrons. The zero-order chi connectivity index (χ0) is 33.8. The number of carbonyl (C=O) groups is 5. The second-order valence-corrected chi connectivity index (χ2v) is 10.8. The Morgan fingerprint density at radius 3 is 2.22 bits per heavy atom. The Bertz CT molecular complexity index is 1310. The van der Waals surface area contributed by atoms with Gasteiger partial charge in [0.25, 0.3) is 5.56 Å². The lowest BCUT2D eigenvalue weighted by molar-refractivity contribution is -0.176. The summed E-state index contributed by atoms with van der Waals surface area (Å²) in [5.41, 5.74) is 4.26. The van der Waals surface area contributed by atoms with Gasteiger partial charge in [-0.05, 0) is 32.2 Å². The van der Waals surface area contributed by atoms with Crippen LogP contribution in [0.2, 0.25) is 0 Å². The lowest BCUT2D eigenvalue weighted by atomic mass is 9.98. The number of aromatic amines is 1. The normalized spacial score (nSPS) is 21.3. The van der Waals surface area contributed by atoms with Gasteiger partial charge in [0.1, 0.15) is 12.1 Å². The van der Waals surface area contributed by atoms with Crippen molar-refractivity contribution in [2.45, 2.75) is 97.1 Å². The highest BCUT2D eigenvalue weighted by molar-refractivity contribution is 5.81. The standard InChI is InChI=1S/C28H43N5O12/c1-7-41-27(39)20(30-10-8-11-31-25(38)18(29)13-14(2)3)21(42-15(4)34)22-23(43-16(5)35)24(44-17(6)36)26(45-22)33-12-9-19(37)32-28(33)40/h9,12,14,18,20-24,26,30H,7-8,10-11,13,29H2,1-6H3,(H,31,38)(H,32,37,40). The van der Waals surface area contributed by atoms with Crippen LogP contribution in [0.4, 0.5) is 0 Å². The van der Waals surface area contributed by atoms with Crippen LogP contribution in [0.15, 0.2) is 21.9 Å². The maximum atomic E-state index is 13.2. The van der Waals surface area contributed by atoms with E-state index >= 15 is 0 Å². The van der Waals surface area contributed by atoms with E-state index in [1.807, 2.05) is 13.8 Å². The smallest absolute Gasteiger partial charge is 0.330 e. The molecule has 17 nitrogen and oxygen atoms in total. The third-order valence-electron chi connectivity index (χ3n) is 6.53. The van der Waals surface area contributed by atoms with Crippen LogP contribution < -0.4 is 27.6 Å². The molecule has 7 atom stereocenters. The number of esters is 4. The van der Waals surface area contributed by atoms with Crippen LogP contribution >= 0.6 is 0 Å². The molecule has 1 aromatic rings. The van der Waals surface area contributed by atoms with Gasteiger partial charge in [0.15, 0.2) is 24.5 Å². The number of H-pyrrole nitrogens is 1. The van der Waals surface area contributed by atoms with Gasteiger partial charge in [0.05, 0.1) is 12.6 Å². The average molecular weight is 642 g/mol. The number of rotatable bonds is 16. The average Bonchev–Trinajstić information content (AvgIpc) is 3.25. The minimum atomic E-state index is -1.55. The van der Waals surface area contributed by atoms with E-state index in [4.69, 9.17) is 29.4 Å². The number of carbonyl (C=O) groups excluding carboxylic acids is 5. The number of hydrogen-bond donors (Lipinski definition) is 4. The van der Waals surface area contributed by atoms with E-state index in [-0.39, 0.29) is 31.5 Å². The summed E-state index contributed by atoms with van der Waals surface area (Å²) in [6.07, 6.45) is -5.62. The predicted octanol–water partition coefficient (Wildman–Crippen LogP) is -1.37. The Morgan fingerprint density at radius 2 is 1.67 bits per heavy atom. The molecular weight excluding hydrogens is 598 g/mol. The van der Waals surface area contributed by atoms with Crippen molar-refractivity contribution in [2.24, 2.45) is 11.7 Å². The maximum absolute atomic E-state index is 13.2. The fraction of sp³-hybridized carbons (Fsp3) is 0.679. The van der Waals surface area contributed by atoms with Crippen LogP contribution in [0.25, 0.3) is 0 Å². The zero-order valence-corrected chi connectivity index (χ0v) is 26.2. The highest BCUT2D eigenvalue weighted by Crippen LogP contribution is 2.36. The van der Waals surface area contributed by atoms with Crippen LogP contribution in [-0.2, 0) is 47.7 Å². The summed E-state index contributed by atoms with van der Waals surface area (Å²) in [6.45, 7) is 8.94. The van der Waals surface area contributed by atoms with Crippen molar-refractivity contribution in [3.63, 3.8) is 0 Å². The minimum absolute atomic E-state index is 0.0437. The molecule has 0 bridgehead atoms. The number of aromatic nitrogens is 2. The molecule has 1 aliphatic rings. The summed E-state index contributed by atoms with van der Waals surface area (Å²) < 4.78 is 28.6. The van der Waals surface area contributed by atoms with Crippen molar-refractivity contribution in [3.05, 3.63) is 33.1 Å². The lowest BCUT2D eigenvalue weighted by Crippen LogP contribution is -2.57. The third-order valence-corrected chi connectivity index (χ3v) is 6.53. The summed E-state index contributed by atoms with van der Waals surface area (Å²) in [6, 6.07) is -1.07. The molecule has 0 spiro atoms. The summed E-state index contributed by atoms with van der Waals surface area (Å²) in [5.74, 6) is -3.47. The van der Waals surface area contributed by atoms with Gasteiger partial charge in [-0.1, -0.05) is 13.8 Å². The quantitative estimate of drug-likeness (QED) is 0.0926. The van der Waals surface area contributed by atoms with Gasteiger partial charge in [-0.3, -0.25) is 38.3 Å². The lowest BCUT2D eigenvalue weighted by Gasteiger charge is -2.32. The van der Waals surface area contributed by atoms with E-state index in [1.165, 1.54) is 0 Å². The van der Waals surface area contributed by atoms with Crippen LogP contribution in [0.1, 0.15) is 60.6 Å². The van der Waals surface area contributed by atoms with Gasteiger partial charge < -0.3 is 40.1 Å². The van der Waals surface area contributed by atoms with Crippen LogP contribution in [-0.4, -0.2) is 95.5 Å². The first-order chi connectivity index (χ1) is 21.2. The summed E-state index contributed by atoms with van der Waals surface area (Å²) in [4.78, 5) is 88.5. The fourth-order valence-corrected chi connectivity index (χ4v) is 4.81. The van der Waals surface area contributed by atoms with E-state index in [0.717, 1.165) is 37.6 Å². The first-order valence-electron chi connectivity index (χ1n) is 14.6. The van der Waals surface area contributed by atoms with E-state index in [0.29, 0.717) is 12.8 Å². The molecule has 0 aliphatic carbocycles. The Morgan fingerprint density at radius 1 is 1.02 bits per heavy atom. The van der Waals surface area contributed by atoms with Crippen molar-refractivity contribution < 1.29 is 47.7 Å². The molecule has 2 heterocycles. The van der Waals surface area contributed by atoms with Crippen molar-refractivity contribution in [2.75, 3.05) is 19.7 Å². The summed E-state index contributed by atoms with van der Waals surface area (Å²) in [7, 11) is 0. The van der Waals surface area contributed by atoms with E-state index in [2.05, 4.69) is 15.6 Å². The summed E-state index contributed by atoms with van der Waals surface area (Å²) in [5, 5.41) is 5.67. The highest BCUT2D eigenvalue weighted by atomic mass is 16.7. The molecule has 17 heteroatoms. The van der Waals surface area contributed by atoms with Crippen LogP contribution in [0.3, 0.4) is 0 Å². The van der Waals surface area contributed by atoms with Gasteiger partial charge >= 0.3 is 29.6 Å². The fourth-order valence-electron chi connectivity index (χ4n) is 4.81. The van der Waals surface area contributed by atoms with Gasteiger partial charge in [0, 0.05) is 39.6 Å². The molecule has 252 valence electrons. The minimum Gasteiger partial charge on any atom is -0.465 e. The Hall–Kier alpha value is -4.09. The first-order valence-corrected chi connectivity index (χ1v) is 14.6. The molecule has 1 fully saturated rings. The van der Waals surface area contributed by atoms with Gasteiger partial charge in [-0.2, -0.15) is 0 Å². The molecule has 7 unspecified atom stereocenters. The Balaban J connectivity index is 2.44. The van der Waals surface area contributed by atoms with Crippen molar-refractivity contribution in [1.29, 1.82) is 0 Å². The number of ether oxygens (including phenoxy) is 5. The number of nitrogens with one attached hydrogen (secondary N) is 3. The first kappa shape index (κ1) is 37.1. The molecule has 0 aromatic carbocycles. The molecule has 1 amide bonds. The molecule has 1 saturated heterocycles. The topological polar surface area (TPSA) is 236 Å². The molecule has 2 rings (SSSR count). The summed E-state index contributed by atoms with van der Waals surface area (Å²) >= 11 is 0. The second kappa shape index (κ2) is 17.4. The van der Waals surface area contributed by atoms with Gasteiger partial charge in [-0.25, -0.2) is 4.79 Å². The van der Waals surface area contributed by atoms with Gasteiger partial charge in [-0.15, -0.1) is 0 Å². The monoisotopic (exact) mass is 641 g/mol. The number of nitrogens with zero attached hydrogens (tertiary/aromatic N) is 1. The molecule has 1 aromatic heterocycles. The van der Waals surface area contributed by atoms with Crippen LogP contribution in [0.5, 0.6) is 0 Å². The SMILES string of the molecule is CCOC(=O)C(NCCCNC(=O)C(N)CC(C)C)C(OC(C)=O)C1OC(n2ccc(=O)[nH]c2=O)C(OC(C)=O)C1OC(C)=O. The van der Waals surface area contributed by atoms with E-state index in [9.17, 15) is 33.6 Å². The molecule has 5 N–H and O–H groups in total. The predicted molar refractivity (Wildman–Crippen MR) is 155 cm³/mol. The zero-order valence-electron chi connectivity index (χ0n) is 26.2. The van der Waals surface area contributed by atoms with Crippen molar-refractivity contribution in [3.8, 4) is 0 Å². The van der Waals surface area contributed by atoms with Crippen molar-refractivity contribution >= 4 is 29.8 Å².